The number of hydrogen-bond acceptors (Lipinski definition) is 24. The van der Waals surface area contributed by atoms with Crippen LogP contribution >= 0.6 is 203 Å². The fraction of sp³-hybridized carbons (Fsp3) is 0.491. The van der Waals surface area contributed by atoms with Crippen molar-refractivity contribution in [3.05, 3.63) is 65.5 Å². The number of carbonyl (C=O) groups is 9. The lowest BCUT2D eigenvalue weighted by Crippen LogP contribution is -2.45. The molecular formula is C53H66I9N9O24. The Morgan fingerprint density at radius 1 is 0.337 bits per heavy atom. The maximum atomic E-state index is 15.7. The third-order valence-corrected chi connectivity index (χ3v) is 23.3. The third-order valence-electron chi connectivity index (χ3n) is 13.6. The standard InChI is InChI=1S/C53H66I9N9O24/c1-67(49(91)26-31(55)27(51(93)69(3)10-19(79)13-73)36(60)40(35(26)59)65-47(89)43(85)22(82)16-76)7-8-71(53(95)29-32(56)28(52(94)70(4)11-20(80)14-74)37(61)41(38(29)62)66-48(90)44(86)23(83)17-77)6-5-63-45(87)24-30(54)25(50(92)68(2)9-18(78)12-72)34(58)39(33(24)57)64-46(88)42(84)21(81)15-75/h18-23,42-44,72-86H,5-17H2,1-4H3,(H,63,87)(H,64,88)(H,65,89)(H,66,90). The molecule has 0 aliphatic carbocycles. The van der Waals surface area contributed by atoms with Crippen LogP contribution in [0.2, 0.25) is 0 Å². The summed E-state index contributed by atoms with van der Waals surface area (Å²) in [6.45, 7) is -8.85. The van der Waals surface area contributed by atoms with Crippen LogP contribution in [-0.4, -0.2) is 323 Å². The van der Waals surface area contributed by atoms with Gasteiger partial charge in [-0.3, -0.25) is 43.2 Å². The van der Waals surface area contributed by atoms with Crippen molar-refractivity contribution in [2.75, 3.05) is 130 Å². The number of nitrogens with one attached hydrogen (secondary N) is 4. The van der Waals surface area contributed by atoms with Crippen LogP contribution in [0.4, 0.5) is 17.1 Å². The van der Waals surface area contributed by atoms with Gasteiger partial charge in [0.25, 0.3) is 53.2 Å². The molecule has 9 atom stereocenters. The minimum absolute atomic E-state index is 0.00546. The number of aliphatic hydroxyl groups is 15. The molecule has 9 amide bonds. The van der Waals surface area contributed by atoms with E-state index in [0.29, 0.717) is 0 Å². The van der Waals surface area contributed by atoms with Gasteiger partial charge in [-0.25, -0.2) is 0 Å². The lowest BCUT2D eigenvalue weighted by Gasteiger charge is -2.30. The Balaban J connectivity index is 2.45. The summed E-state index contributed by atoms with van der Waals surface area (Å²) in [4.78, 5) is 134. The van der Waals surface area contributed by atoms with Crippen molar-refractivity contribution in [1.29, 1.82) is 0 Å². The zero-order valence-electron chi connectivity index (χ0n) is 49.9. The summed E-state index contributed by atoms with van der Waals surface area (Å²) in [7, 11) is 5.07. The van der Waals surface area contributed by atoms with Gasteiger partial charge in [-0.05, 0) is 203 Å². The van der Waals surface area contributed by atoms with Gasteiger partial charge in [0, 0.05) is 84.7 Å². The predicted octanol–water partition coefficient (Wildman–Crippen LogP) is -2.99. The summed E-state index contributed by atoms with van der Waals surface area (Å²) in [5.74, 6) is -9.30. The maximum Gasteiger partial charge on any atom is 0.256 e. The number of likely N-dealkylation sites (N-methyl/N-ethyl adjacent to an activating group) is 4. The lowest BCUT2D eigenvalue weighted by atomic mass is 10.1. The van der Waals surface area contributed by atoms with E-state index in [1.807, 2.05) is 0 Å². The largest absolute Gasteiger partial charge is 0.394 e. The number of nitrogens with zero attached hydrogens (tertiary/aromatic N) is 5. The Kier molecular flexibility index (Phi) is 37.7. The van der Waals surface area contributed by atoms with Gasteiger partial charge in [-0.2, -0.15) is 0 Å². The molecule has 0 heterocycles. The Morgan fingerprint density at radius 3 is 0.863 bits per heavy atom. The molecule has 0 aliphatic rings. The van der Waals surface area contributed by atoms with Gasteiger partial charge in [0.15, 0.2) is 18.3 Å². The highest BCUT2D eigenvalue weighted by Gasteiger charge is 2.38. The van der Waals surface area contributed by atoms with Crippen LogP contribution in [0.5, 0.6) is 0 Å². The van der Waals surface area contributed by atoms with Crippen molar-refractivity contribution >= 4 is 274 Å². The molecule has 0 spiro atoms. The Morgan fingerprint density at radius 2 is 0.589 bits per heavy atom. The number of aliphatic hydroxyl groups excluding tert-OH is 15. The fourth-order valence-corrected chi connectivity index (χ4v) is 21.4. The molecule has 0 saturated heterocycles. The lowest BCUT2D eigenvalue weighted by molar-refractivity contribution is -0.131. The first-order valence-electron chi connectivity index (χ1n) is 27.2. The monoisotopic (exact) mass is 2350 g/mol. The van der Waals surface area contributed by atoms with E-state index >= 15 is 9.59 Å². The molecular weight excluding hydrogens is 2290 g/mol. The number of anilines is 3. The minimum Gasteiger partial charge on any atom is -0.394 e. The molecule has 42 heteroatoms. The molecule has 0 bridgehead atoms. The molecule has 0 saturated carbocycles. The number of hydrogen-bond donors (Lipinski definition) is 19. The molecule has 0 radical (unpaired) electrons. The molecule has 95 heavy (non-hydrogen) atoms. The van der Waals surface area contributed by atoms with Crippen LogP contribution in [0.25, 0.3) is 0 Å². The van der Waals surface area contributed by atoms with Crippen LogP contribution in [-0.2, 0) is 14.4 Å². The summed E-state index contributed by atoms with van der Waals surface area (Å²) >= 11 is 15.2. The van der Waals surface area contributed by atoms with Crippen molar-refractivity contribution in [3.8, 4) is 0 Å². The summed E-state index contributed by atoms with van der Waals surface area (Å²) in [6.07, 6.45) is -17.0. The average Bonchev–Trinajstić information content (AvgIpc) is 0.777. The first-order valence-corrected chi connectivity index (χ1v) is 36.9. The molecule has 530 valence electrons. The Bertz CT molecular complexity index is 3370. The molecule has 0 aliphatic heterocycles. The normalized spacial score (nSPS) is 14.2. The van der Waals surface area contributed by atoms with E-state index in [1.54, 1.807) is 203 Å². The number of rotatable bonds is 33. The number of benzene rings is 3. The van der Waals surface area contributed by atoms with Crippen LogP contribution < -0.4 is 21.3 Å². The molecule has 33 nitrogen and oxygen atoms in total. The van der Waals surface area contributed by atoms with E-state index in [1.165, 1.54) is 28.2 Å². The summed E-state index contributed by atoms with van der Waals surface area (Å²) in [5, 5.41) is 160. The molecule has 0 aromatic heterocycles. The molecule has 0 fully saturated rings. The molecule has 19 N–H and O–H groups in total. The van der Waals surface area contributed by atoms with E-state index in [0.717, 1.165) is 24.5 Å². The van der Waals surface area contributed by atoms with E-state index in [-0.39, 0.29) is 82.6 Å². The van der Waals surface area contributed by atoms with Crippen LogP contribution in [0.3, 0.4) is 0 Å². The van der Waals surface area contributed by atoms with E-state index in [2.05, 4.69) is 21.3 Å². The highest BCUT2D eigenvalue weighted by Crippen LogP contribution is 2.40. The van der Waals surface area contributed by atoms with Gasteiger partial charge >= 0.3 is 0 Å². The quantitative estimate of drug-likeness (QED) is 0.0270. The highest BCUT2D eigenvalue weighted by molar-refractivity contribution is 14.1. The van der Waals surface area contributed by atoms with Gasteiger partial charge < -0.3 is 122 Å². The van der Waals surface area contributed by atoms with E-state index in [4.69, 9.17) is 0 Å². The van der Waals surface area contributed by atoms with Gasteiger partial charge in [-0.1, -0.05) is 0 Å². The first kappa shape index (κ1) is 88.1. The summed E-state index contributed by atoms with van der Waals surface area (Å²) in [6, 6.07) is 0. The fourth-order valence-electron chi connectivity index (χ4n) is 8.25. The highest BCUT2D eigenvalue weighted by atomic mass is 127. The van der Waals surface area contributed by atoms with Crippen LogP contribution in [0.15, 0.2) is 0 Å². The molecule has 9 unspecified atom stereocenters. The second-order valence-electron chi connectivity index (χ2n) is 20.6. The number of amides is 9. The van der Waals surface area contributed by atoms with Crippen molar-refractivity contribution in [1.82, 2.24) is 29.8 Å². The van der Waals surface area contributed by atoms with E-state index < -0.39 is 194 Å². The van der Waals surface area contributed by atoms with Gasteiger partial charge in [0.1, 0.15) is 18.3 Å². The second kappa shape index (κ2) is 40.6. The number of carbonyl (C=O) groups excluding carboxylic acids is 9. The van der Waals surface area contributed by atoms with Crippen LogP contribution in [0.1, 0.15) is 62.1 Å². The van der Waals surface area contributed by atoms with Crippen molar-refractivity contribution < 1.29 is 120 Å². The topological polar surface area (TPSA) is 521 Å². The zero-order valence-corrected chi connectivity index (χ0v) is 69.3. The molecule has 3 rings (SSSR count). The predicted molar refractivity (Wildman–Crippen MR) is 412 cm³/mol. The average molecular weight is 2360 g/mol. The van der Waals surface area contributed by atoms with Crippen molar-refractivity contribution in [2.45, 2.75) is 54.9 Å². The van der Waals surface area contributed by atoms with Gasteiger partial charge in [0.2, 0.25) is 0 Å². The minimum atomic E-state index is -2.28. The first-order chi connectivity index (χ1) is 44.3. The van der Waals surface area contributed by atoms with Gasteiger partial charge in [0.05, 0.1) is 130 Å². The van der Waals surface area contributed by atoms with Gasteiger partial charge in [-0.15, -0.1) is 0 Å². The Hall–Kier alpha value is -1.14. The zero-order chi connectivity index (χ0) is 72.7. The van der Waals surface area contributed by atoms with Crippen molar-refractivity contribution in [3.63, 3.8) is 0 Å². The second-order valence-corrected chi connectivity index (χ2v) is 30.3. The molecule has 3 aromatic rings. The smallest absolute Gasteiger partial charge is 0.256 e. The van der Waals surface area contributed by atoms with Crippen LogP contribution in [0, 0.1) is 32.1 Å². The third kappa shape index (κ3) is 22.2. The summed E-state index contributed by atoms with van der Waals surface area (Å²) in [5.41, 5.74) is -2.40. The van der Waals surface area contributed by atoms with Crippen molar-refractivity contribution in [2.24, 2.45) is 0 Å². The number of halogens is 9. The Labute approximate surface area is 664 Å². The van der Waals surface area contributed by atoms with E-state index in [9.17, 15) is 110 Å². The summed E-state index contributed by atoms with van der Waals surface area (Å²) < 4.78 is -0.458. The maximum absolute atomic E-state index is 15.7. The SMILES string of the molecule is CN(CC(O)CO)C(=O)c1c(I)c(NC(=O)C(O)C(O)CO)c(I)c(C(=O)NCCN(CCN(C)C(=O)c2c(I)c(NC(=O)C(O)C(O)CO)c(I)c(C(=O)N(C)CC(O)CO)c2I)C(=O)c2c(I)c(NC(=O)C(O)C(O)CO)c(I)c(C(=O)N(C)CC(O)CO)c2I)c1I. The molecule has 3 aromatic carbocycles.